The van der Waals surface area contributed by atoms with Crippen LogP contribution in [0.25, 0.3) is 0 Å². The smallest absolute Gasteiger partial charge is 0.129 e. The zero-order chi connectivity index (χ0) is 17.5. The Balaban J connectivity index is 0. The minimum absolute atomic E-state index is 0.0810. The van der Waals surface area contributed by atoms with Gasteiger partial charge in [-0.05, 0) is 38.1 Å². The molecule has 0 N–H and O–H groups in total. The van der Waals surface area contributed by atoms with Gasteiger partial charge < -0.3 is 4.74 Å². The minimum atomic E-state index is -0.491. The molecule has 124 valence electrons. The summed E-state index contributed by atoms with van der Waals surface area (Å²) in [5.41, 5.74) is 1.34. The molecule has 2 aromatic rings. The van der Waals surface area contributed by atoms with E-state index in [4.69, 9.17) is 4.74 Å². The second-order valence-corrected chi connectivity index (χ2v) is 3.86. The predicted octanol–water partition coefficient (Wildman–Crippen LogP) is 6.33. The maximum absolute atomic E-state index is 12.3. The number of halogens is 2. The number of hydrogen-bond acceptors (Lipinski definition) is 1. The molecule has 0 aromatic heterocycles. The summed E-state index contributed by atoms with van der Waals surface area (Å²) < 4.78 is 29.6. The lowest BCUT2D eigenvalue weighted by Crippen LogP contribution is -1.85. The van der Waals surface area contributed by atoms with Gasteiger partial charge in [0.05, 0.1) is 7.11 Å². The van der Waals surface area contributed by atoms with Gasteiger partial charge in [0.2, 0.25) is 0 Å². The van der Waals surface area contributed by atoms with Crippen molar-refractivity contribution in [2.24, 2.45) is 0 Å². The Kier molecular flexibility index (Phi) is 14.3. The average molecular weight is 310 g/mol. The van der Waals surface area contributed by atoms with Crippen LogP contribution in [0.5, 0.6) is 5.75 Å². The van der Waals surface area contributed by atoms with Crippen LogP contribution >= 0.6 is 0 Å². The van der Waals surface area contributed by atoms with E-state index in [2.05, 4.69) is 6.92 Å². The first-order valence-corrected chi connectivity index (χ1v) is 7.56. The van der Waals surface area contributed by atoms with Gasteiger partial charge >= 0.3 is 0 Å². The Morgan fingerprint density at radius 3 is 1.45 bits per heavy atom. The molecule has 0 aliphatic carbocycles. The van der Waals surface area contributed by atoms with E-state index in [1.165, 1.54) is 30.7 Å². The lowest BCUT2D eigenvalue weighted by molar-refractivity contribution is 0.414. The van der Waals surface area contributed by atoms with Crippen molar-refractivity contribution in [1.82, 2.24) is 0 Å². The summed E-state index contributed by atoms with van der Waals surface area (Å²) in [6, 6.07) is 11.8. The van der Waals surface area contributed by atoms with Gasteiger partial charge in [0.1, 0.15) is 17.4 Å². The molecule has 0 saturated carbocycles. The lowest BCUT2D eigenvalue weighted by atomic mass is 10.2. The average Bonchev–Trinajstić information content (AvgIpc) is 2.57. The molecular formula is C19H28F2O. The summed E-state index contributed by atoms with van der Waals surface area (Å²) in [4.78, 5) is 0. The first-order valence-electron chi connectivity index (χ1n) is 7.56. The molecule has 0 aliphatic rings. The third-order valence-corrected chi connectivity index (χ3v) is 2.46. The van der Waals surface area contributed by atoms with E-state index in [9.17, 15) is 8.78 Å². The summed E-state index contributed by atoms with van der Waals surface area (Å²) >= 11 is 0. The third-order valence-electron chi connectivity index (χ3n) is 2.46. The van der Waals surface area contributed by atoms with E-state index in [1.54, 1.807) is 7.11 Å². The Bertz CT molecular complexity index is 473. The highest BCUT2D eigenvalue weighted by Crippen LogP contribution is 2.09. The molecule has 0 atom stereocenters. The first-order chi connectivity index (χ1) is 10.5. The molecule has 0 fully saturated rings. The Labute approximate surface area is 134 Å². The molecule has 0 bridgehead atoms. The number of aryl methyl sites for hydroxylation is 1. The second-order valence-electron chi connectivity index (χ2n) is 3.86. The fourth-order valence-corrected chi connectivity index (χ4v) is 1.26. The summed E-state index contributed by atoms with van der Waals surface area (Å²) in [5.74, 6) is -0.0643. The number of rotatable bonds is 1. The molecule has 0 spiro atoms. The van der Waals surface area contributed by atoms with Crippen LogP contribution in [0.15, 0.2) is 42.5 Å². The van der Waals surface area contributed by atoms with Gasteiger partial charge in [-0.15, -0.1) is 0 Å². The zero-order valence-corrected chi connectivity index (χ0v) is 14.7. The van der Waals surface area contributed by atoms with E-state index >= 15 is 0 Å². The van der Waals surface area contributed by atoms with Gasteiger partial charge in [0.25, 0.3) is 0 Å². The van der Waals surface area contributed by atoms with Crippen molar-refractivity contribution in [2.75, 3.05) is 7.11 Å². The second kappa shape index (κ2) is 14.1. The molecular weight excluding hydrogens is 282 g/mol. The maximum atomic E-state index is 12.3. The minimum Gasteiger partial charge on any atom is -0.497 e. The van der Waals surface area contributed by atoms with Crippen molar-refractivity contribution >= 4 is 0 Å². The SMILES string of the molecule is CC.CC.COc1ccc(C)cc1.Cc1c(F)cccc1F. The van der Waals surface area contributed by atoms with E-state index in [0.717, 1.165) is 5.75 Å². The van der Waals surface area contributed by atoms with E-state index in [1.807, 2.05) is 52.0 Å². The number of benzene rings is 2. The summed E-state index contributed by atoms with van der Waals surface area (Å²) in [6.07, 6.45) is 0. The molecule has 1 nitrogen and oxygen atoms in total. The summed E-state index contributed by atoms with van der Waals surface area (Å²) in [5, 5.41) is 0. The van der Waals surface area contributed by atoms with E-state index in [0.29, 0.717) is 0 Å². The quantitative estimate of drug-likeness (QED) is 0.598. The van der Waals surface area contributed by atoms with E-state index < -0.39 is 11.6 Å². The van der Waals surface area contributed by atoms with Crippen LogP contribution in [0.1, 0.15) is 38.8 Å². The Morgan fingerprint density at radius 2 is 1.14 bits per heavy atom. The number of methoxy groups -OCH3 is 1. The van der Waals surface area contributed by atoms with Crippen molar-refractivity contribution < 1.29 is 13.5 Å². The van der Waals surface area contributed by atoms with Crippen LogP contribution in [0, 0.1) is 25.5 Å². The van der Waals surface area contributed by atoms with Gasteiger partial charge in [-0.1, -0.05) is 51.5 Å². The van der Waals surface area contributed by atoms with Crippen molar-refractivity contribution in [3.8, 4) is 5.75 Å². The number of hydrogen-bond donors (Lipinski definition) is 0. The van der Waals surface area contributed by atoms with Crippen LogP contribution in [-0.4, -0.2) is 7.11 Å². The van der Waals surface area contributed by atoms with E-state index in [-0.39, 0.29) is 5.56 Å². The third kappa shape index (κ3) is 9.11. The largest absolute Gasteiger partial charge is 0.497 e. The fourth-order valence-electron chi connectivity index (χ4n) is 1.26. The van der Waals surface area contributed by atoms with Gasteiger partial charge in [-0.25, -0.2) is 8.78 Å². The predicted molar refractivity (Wildman–Crippen MR) is 91.5 cm³/mol. The monoisotopic (exact) mass is 310 g/mol. The summed E-state index contributed by atoms with van der Waals surface area (Å²) in [6.45, 7) is 11.5. The highest BCUT2D eigenvalue weighted by Gasteiger charge is 1.99. The highest BCUT2D eigenvalue weighted by molar-refractivity contribution is 5.25. The first kappa shape index (κ1) is 22.4. The summed E-state index contributed by atoms with van der Waals surface area (Å²) in [7, 11) is 1.67. The van der Waals surface area contributed by atoms with Crippen molar-refractivity contribution in [3.63, 3.8) is 0 Å². The fraction of sp³-hybridized carbons (Fsp3) is 0.368. The molecule has 2 aromatic carbocycles. The van der Waals surface area contributed by atoms with Crippen LogP contribution in [0.2, 0.25) is 0 Å². The van der Waals surface area contributed by atoms with Gasteiger partial charge in [-0.3, -0.25) is 0 Å². The Hall–Kier alpha value is -1.90. The number of ether oxygens (including phenoxy) is 1. The molecule has 2 rings (SSSR count). The van der Waals surface area contributed by atoms with Crippen molar-refractivity contribution in [3.05, 3.63) is 65.2 Å². The van der Waals surface area contributed by atoms with Crippen LogP contribution in [-0.2, 0) is 0 Å². The molecule has 0 saturated heterocycles. The van der Waals surface area contributed by atoms with Crippen LogP contribution in [0.4, 0.5) is 8.78 Å². The topological polar surface area (TPSA) is 9.23 Å². The van der Waals surface area contributed by atoms with Crippen molar-refractivity contribution in [1.29, 1.82) is 0 Å². The molecule has 0 heterocycles. The molecule has 3 heteroatoms. The van der Waals surface area contributed by atoms with Gasteiger partial charge in [0, 0.05) is 5.56 Å². The molecule has 0 radical (unpaired) electrons. The molecule has 0 amide bonds. The molecule has 22 heavy (non-hydrogen) atoms. The van der Waals surface area contributed by atoms with Gasteiger partial charge in [0.15, 0.2) is 0 Å². The van der Waals surface area contributed by atoms with Crippen LogP contribution < -0.4 is 4.74 Å². The van der Waals surface area contributed by atoms with Gasteiger partial charge in [-0.2, -0.15) is 0 Å². The zero-order valence-electron chi connectivity index (χ0n) is 14.7. The lowest BCUT2D eigenvalue weighted by Gasteiger charge is -1.97. The maximum Gasteiger partial charge on any atom is 0.129 e. The highest BCUT2D eigenvalue weighted by atomic mass is 19.1. The Morgan fingerprint density at radius 1 is 0.727 bits per heavy atom. The standard InChI is InChI=1S/C8H10O.C7H6F2.2C2H6/c1-7-3-5-8(9-2)6-4-7;1-5-6(8)3-2-4-7(5)9;2*1-2/h3-6H,1-2H3;2-4H,1H3;2*1-2H3. The molecule has 0 unspecified atom stereocenters. The van der Waals surface area contributed by atoms with Crippen molar-refractivity contribution in [2.45, 2.75) is 41.5 Å². The van der Waals surface area contributed by atoms with Crippen LogP contribution in [0.3, 0.4) is 0 Å². The normalized spacial score (nSPS) is 8.23. The molecule has 0 aliphatic heterocycles.